The van der Waals surface area contributed by atoms with Gasteiger partial charge in [-0.05, 0) is 57.1 Å². The summed E-state index contributed by atoms with van der Waals surface area (Å²) in [6, 6.07) is 5.69. The first kappa shape index (κ1) is 26.9. The number of sulfone groups is 1. The van der Waals surface area contributed by atoms with Crippen molar-refractivity contribution >= 4 is 27.3 Å². The number of rotatable bonds is 6. The number of nitrogens with one attached hydrogen (secondary N) is 1. The number of alkyl halides is 1. The molecule has 0 saturated carbocycles. The van der Waals surface area contributed by atoms with Gasteiger partial charge in [0.05, 0.1) is 4.90 Å². The summed E-state index contributed by atoms with van der Waals surface area (Å²) in [4.78, 5) is 13.0. The van der Waals surface area contributed by atoms with Gasteiger partial charge in [-0.2, -0.15) is 0 Å². The number of carboxylic acid groups (broad SMARTS) is 1. The molecule has 0 spiro atoms. The lowest BCUT2D eigenvalue weighted by molar-refractivity contribution is 0.0305. The maximum atomic E-state index is 15.8. The fraction of sp³-hybridized carbons (Fsp3) is 0.682. The van der Waals surface area contributed by atoms with Crippen LogP contribution in [-0.4, -0.2) is 57.9 Å². The standard InChI is InChI=1S/C22H35FN2O5S2/c1-21(2,3)17-14-15(12-13-25(17)20(26)27)18(24-31(28)22(4,5)6)19(23)32(29,30)16-10-8-7-9-11-16/h7-11,15,17-19,24H,12-14H2,1-6H3,(H,26,27)/t15?,17?,18-,19?,31+/m1/s1. The van der Waals surface area contributed by atoms with Gasteiger partial charge in [0.1, 0.15) is 10.8 Å². The van der Waals surface area contributed by atoms with Crippen molar-refractivity contribution in [3.05, 3.63) is 30.3 Å². The minimum atomic E-state index is -4.35. The second kappa shape index (κ2) is 9.87. The number of likely N-dealkylation sites (tertiary alicyclic amines) is 1. The Morgan fingerprint density at radius 3 is 2.25 bits per heavy atom. The van der Waals surface area contributed by atoms with E-state index in [9.17, 15) is 22.9 Å². The number of benzene rings is 1. The average Bonchev–Trinajstić information content (AvgIpc) is 2.70. The predicted molar refractivity (Wildman–Crippen MR) is 124 cm³/mol. The number of amides is 1. The fourth-order valence-corrected chi connectivity index (χ4v) is 6.44. The second-order valence-electron chi connectivity index (χ2n) is 10.4. The molecule has 2 rings (SSSR count). The Bertz CT molecular complexity index is 884. The van der Waals surface area contributed by atoms with E-state index in [1.807, 2.05) is 20.8 Å². The molecule has 5 atom stereocenters. The minimum Gasteiger partial charge on any atom is -0.598 e. The summed E-state index contributed by atoms with van der Waals surface area (Å²) in [7, 11) is -4.35. The van der Waals surface area contributed by atoms with E-state index in [-0.39, 0.29) is 24.3 Å². The van der Waals surface area contributed by atoms with Crippen molar-refractivity contribution in [3.63, 3.8) is 0 Å². The zero-order chi connectivity index (χ0) is 24.5. The van der Waals surface area contributed by atoms with Gasteiger partial charge in [0.15, 0.2) is 0 Å². The Morgan fingerprint density at radius 1 is 1.22 bits per heavy atom. The van der Waals surface area contributed by atoms with Crippen LogP contribution in [0, 0.1) is 11.3 Å². The van der Waals surface area contributed by atoms with Crippen molar-refractivity contribution in [3.8, 4) is 0 Å². The number of hydrogen-bond acceptors (Lipinski definition) is 5. The summed E-state index contributed by atoms with van der Waals surface area (Å²) in [6.07, 6.45) is -0.526. The first-order valence-corrected chi connectivity index (χ1v) is 13.4. The number of piperidine rings is 1. The van der Waals surface area contributed by atoms with Gasteiger partial charge < -0.3 is 14.6 Å². The molecule has 1 aliphatic heterocycles. The van der Waals surface area contributed by atoms with Crippen molar-refractivity contribution in [1.29, 1.82) is 0 Å². The van der Waals surface area contributed by atoms with Crippen LogP contribution in [0.5, 0.6) is 0 Å². The molecule has 182 valence electrons. The molecule has 1 fully saturated rings. The Hall–Kier alpha value is -1.36. The van der Waals surface area contributed by atoms with E-state index < -0.39 is 61.0 Å². The van der Waals surface area contributed by atoms with Crippen LogP contribution in [-0.2, 0) is 21.2 Å². The Kier molecular flexibility index (Phi) is 8.29. The molecule has 1 aliphatic rings. The number of halogens is 1. The van der Waals surface area contributed by atoms with Crippen LogP contribution in [0.1, 0.15) is 54.4 Å². The SMILES string of the molecule is CC(C)(C)C1CC([C@@H](N[S@@+]([O-])C(C)(C)C)C(F)S(=O)(=O)c2ccccc2)CCN1C(=O)O. The van der Waals surface area contributed by atoms with Gasteiger partial charge in [0, 0.05) is 23.9 Å². The van der Waals surface area contributed by atoms with Gasteiger partial charge in [-0.1, -0.05) is 39.0 Å². The largest absolute Gasteiger partial charge is 0.598 e. The molecule has 0 bridgehead atoms. The summed E-state index contributed by atoms with van der Waals surface area (Å²) in [5.41, 5.74) is -2.77. The number of nitrogens with zero attached hydrogens (tertiary/aromatic N) is 1. The monoisotopic (exact) mass is 490 g/mol. The molecule has 1 aromatic carbocycles. The van der Waals surface area contributed by atoms with Gasteiger partial charge in [0.2, 0.25) is 15.3 Å². The van der Waals surface area contributed by atoms with E-state index in [0.717, 1.165) is 0 Å². The van der Waals surface area contributed by atoms with E-state index in [4.69, 9.17) is 0 Å². The zero-order valence-electron chi connectivity index (χ0n) is 19.5. The quantitative estimate of drug-likeness (QED) is 0.584. The highest BCUT2D eigenvalue weighted by atomic mass is 32.2. The van der Waals surface area contributed by atoms with Crippen molar-refractivity contribution in [2.45, 2.75) is 81.6 Å². The predicted octanol–water partition coefficient (Wildman–Crippen LogP) is 3.98. The van der Waals surface area contributed by atoms with Gasteiger partial charge in [0.25, 0.3) is 0 Å². The molecule has 0 aromatic heterocycles. The molecule has 3 unspecified atom stereocenters. The molecular weight excluding hydrogens is 455 g/mol. The Morgan fingerprint density at radius 2 is 1.78 bits per heavy atom. The van der Waals surface area contributed by atoms with Crippen molar-refractivity contribution in [2.24, 2.45) is 11.3 Å². The van der Waals surface area contributed by atoms with Gasteiger partial charge >= 0.3 is 6.09 Å². The number of carbonyl (C=O) groups is 1. The zero-order valence-corrected chi connectivity index (χ0v) is 21.2. The van der Waals surface area contributed by atoms with E-state index in [0.29, 0.717) is 0 Å². The topological polar surface area (TPSA) is 110 Å². The van der Waals surface area contributed by atoms with E-state index in [2.05, 4.69) is 4.72 Å². The van der Waals surface area contributed by atoms with E-state index in [1.165, 1.54) is 29.2 Å². The van der Waals surface area contributed by atoms with Gasteiger partial charge in [-0.15, -0.1) is 4.72 Å². The molecule has 10 heteroatoms. The van der Waals surface area contributed by atoms with Crippen LogP contribution >= 0.6 is 0 Å². The van der Waals surface area contributed by atoms with Crippen LogP contribution in [0.3, 0.4) is 0 Å². The van der Waals surface area contributed by atoms with Crippen LogP contribution in [0.2, 0.25) is 0 Å². The van der Waals surface area contributed by atoms with Crippen LogP contribution < -0.4 is 4.72 Å². The highest BCUT2D eigenvalue weighted by Crippen LogP contribution is 2.38. The minimum absolute atomic E-state index is 0.142. The van der Waals surface area contributed by atoms with Crippen molar-refractivity contribution in [2.75, 3.05) is 6.54 Å². The molecule has 1 amide bonds. The Labute approximate surface area is 194 Å². The summed E-state index contributed by atoms with van der Waals surface area (Å²) in [6.45, 7) is 11.0. The Balaban J connectivity index is 2.44. The lowest BCUT2D eigenvalue weighted by atomic mass is 9.75. The van der Waals surface area contributed by atoms with Crippen LogP contribution in [0.4, 0.5) is 9.18 Å². The van der Waals surface area contributed by atoms with Crippen molar-refractivity contribution in [1.82, 2.24) is 9.62 Å². The molecule has 2 N–H and O–H groups in total. The summed E-state index contributed by atoms with van der Waals surface area (Å²) in [5, 5.41) is 9.63. The molecular formula is C22H35FN2O5S2. The molecule has 1 saturated heterocycles. The average molecular weight is 491 g/mol. The van der Waals surface area contributed by atoms with E-state index >= 15 is 4.39 Å². The molecule has 0 radical (unpaired) electrons. The summed E-state index contributed by atoms with van der Waals surface area (Å²) < 4.78 is 56.9. The first-order valence-electron chi connectivity index (χ1n) is 10.7. The summed E-state index contributed by atoms with van der Waals surface area (Å²) in [5.74, 6) is -0.519. The van der Waals surface area contributed by atoms with Gasteiger partial charge in [-0.25, -0.2) is 17.6 Å². The third kappa shape index (κ3) is 6.15. The lowest BCUT2D eigenvalue weighted by Gasteiger charge is -2.46. The molecule has 1 aromatic rings. The second-order valence-corrected chi connectivity index (χ2v) is 14.4. The molecule has 0 aliphatic carbocycles. The highest BCUT2D eigenvalue weighted by Gasteiger charge is 2.48. The fourth-order valence-electron chi connectivity index (χ4n) is 3.97. The van der Waals surface area contributed by atoms with Crippen molar-refractivity contribution < 1.29 is 27.3 Å². The maximum Gasteiger partial charge on any atom is 0.407 e. The maximum absolute atomic E-state index is 15.8. The van der Waals surface area contributed by atoms with Gasteiger partial charge in [-0.3, -0.25) is 0 Å². The molecule has 1 heterocycles. The smallest absolute Gasteiger partial charge is 0.407 e. The highest BCUT2D eigenvalue weighted by molar-refractivity contribution is 7.92. The normalized spacial score (nSPS) is 23.4. The lowest BCUT2D eigenvalue weighted by Crippen LogP contribution is -2.58. The van der Waals surface area contributed by atoms with E-state index in [1.54, 1.807) is 26.8 Å². The third-order valence-electron chi connectivity index (χ3n) is 5.85. The third-order valence-corrected chi connectivity index (χ3v) is 9.26. The van der Waals surface area contributed by atoms with Crippen LogP contribution in [0.25, 0.3) is 0 Å². The molecule has 32 heavy (non-hydrogen) atoms. The summed E-state index contributed by atoms with van der Waals surface area (Å²) >= 11 is -1.72. The number of hydrogen-bond donors (Lipinski definition) is 2. The van der Waals surface area contributed by atoms with Crippen LogP contribution in [0.15, 0.2) is 35.2 Å². The molecule has 7 nitrogen and oxygen atoms in total. The first-order chi connectivity index (χ1) is 14.6.